The highest BCUT2D eigenvalue weighted by atomic mass is 79.9. The monoisotopic (exact) mass is 349 g/mol. The first-order chi connectivity index (χ1) is 9.15. The fourth-order valence-electron chi connectivity index (χ4n) is 1.99. The standard InChI is InChI=1S/C15H12BrNS2/c1-9-7-18-8-13(9)15-17-14(10(2)19-15)11-4-3-5-12(16)6-11/h3-8H,1-2H3. The Hall–Kier alpha value is -0.970. The average molecular weight is 350 g/mol. The van der Waals surface area contributed by atoms with Gasteiger partial charge >= 0.3 is 0 Å². The number of aromatic nitrogens is 1. The van der Waals surface area contributed by atoms with E-state index in [9.17, 15) is 0 Å². The van der Waals surface area contributed by atoms with Crippen LogP contribution in [0, 0.1) is 13.8 Å². The van der Waals surface area contributed by atoms with Crippen LogP contribution in [-0.2, 0) is 0 Å². The molecule has 0 unspecified atom stereocenters. The van der Waals surface area contributed by atoms with Crippen LogP contribution in [0.25, 0.3) is 21.8 Å². The summed E-state index contributed by atoms with van der Waals surface area (Å²) in [4.78, 5) is 6.09. The zero-order chi connectivity index (χ0) is 13.4. The van der Waals surface area contributed by atoms with Gasteiger partial charge < -0.3 is 0 Å². The lowest BCUT2D eigenvalue weighted by atomic mass is 10.1. The van der Waals surface area contributed by atoms with Gasteiger partial charge in [0.15, 0.2) is 0 Å². The van der Waals surface area contributed by atoms with E-state index >= 15 is 0 Å². The summed E-state index contributed by atoms with van der Waals surface area (Å²) in [5.41, 5.74) is 4.83. The van der Waals surface area contributed by atoms with E-state index in [0.717, 1.165) is 15.2 Å². The molecule has 0 fully saturated rings. The maximum absolute atomic E-state index is 4.83. The number of nitrogens with zero attached hydrogens (tertiary/aromatic N) is 1. The van der Waals surface area contributed by atoms with E-state index in [0.29, 0.717) is 0 Å². The Bertz CT molecular complexity index is 727. The van der Waals surface area contributed by atoms with Gasteiger partial charge in [0.1, 0.15) is 5.01 Å². The molecule has 0 aliphatic rings. The molecule has 1 nitrogen and oxygen atoms in total. The van der Waals surface area contributed by atoms with Crippen LogP contribution in [0.5, 0.6) is 0 Å². The number of halogens is 1. The summed E-state index contributed by atoms with van der Waals surface area (Å²) in [6, 6.07) is 8.31. The van der Waals surface area contributed by atoms with Crippen molar-refractivity contribution in [1.29, 1.82) is 0 Å². The van der Waals surface area contributed by atoms with Gasteiger partial charge in [0.2, 0.25) is 0 Å². The number of benzene rings is 1. The third-order valence-electron chi connectivity index (χ3n) is 2.98. The lowest BCUT2D eigenvalue weighted by molar-refractivity contribution is 1.36. The average Bonchev–Trinajstić information content (AvgIpc) is 2.95. The molecular formula is C15H12BrNS2. The lowest BCUT2D eigenvalue weighted by Gasteiger charge is -1.99. The molecular weight excluding hydrogens is 338 g/mol. The number of thiazole rings is 1. The highest BCUT2D eigenvalue weighted by Gasteiger charge is 2.13. The van der Waals surface area contributed by atoms with Crippen molar-refractivity contribution in [2.45, 2.75) is 13.8 Å². The van der Waals surface area contributed by atoms with Crippen molar-refractivity contribution >= 4 is 38.6 Å². The van der Waals surface area contributed by atoms with Crippen LogP contribution in [0.15, 0.2) is 39.5 Å². The van der Waals surface area contributed by atoms with Crippen LogP contribution in [-0.4, -0.2) is 4.98 Å². The maximum atomic E-state index is 4.83. The van der Waals surface area contributed by atoms with Gasteiger partial charge in [-0.1, -0.05) is 28.1 Å². The number of thiophene rings is 1. The summed E-state index contributed by atoms with van der Waals surface area (Å²) in [5.74, 6) is 0. The van der Waals surface area contributed by atoms with Crippen molar-refractivity contribution in [3.05, 3.63) is 49.9 Å². The summed E-state index contributed by atoms with van der Waals surface area (Å²) in [6.45, 7) is 4.28. The zero-order valence-corrected chi connectivity index (χ0v) is 13.8. The van der Waals surface area contributed by atoms with Crippen molar-refractivity contribution in [3.8, 4) is 21.8 Å². The van der Waals surface area contributed by atoms with Crippen molar-refractivity contribution in [2.24, 2.45) is 0 Å². The third-order valence-corrected chi connectivity index (χ3v) is 5.34. The predicted molar refractivity (Wildman–Crippen MR) is 88.0 cm³/mol. The molecule has 2 heterocycles. The van der Waals surface area contributed by atoms with Crippen LogP contribution in [0.1, 0.15) is 10.4 Å². The smallest absolute Gasteiger partial charge is 0.125 e. The van der Waals surface area contributed by atoms with Gasteiger partial charge in [0.25, 0.3) is 0 Å². The highest BCUT2D eigenvalue weighted by molar-refractivity contribution is 9.10. The Kier molecular flexibility index (Phi) is 3.56. The van der Waals surface area contributed by atoms with Gasteiger partial charge in [-0.25, -0.2) is 4.98 Å². The van der Waals surface area contributed by atoms with Crippen LogP contribution in [0.4, 0.5) is 0 Å². The fraction of sp³-hybridized carbons (Fsp3) is 0.133. The van der Waals surface area contributed by atoms with E-state index < -0.39 is 0 Å². The molecule has 4 heteroatoms. The molecule has 0 spiro atoms. The summed E-state index contributed by atoms with van der Waals surface area (Å²) in [6.07, 6.45) is 0. The van der Waals surface area contributed by atoms with Crippen molar-refractivity contribution in [1.82, 2.24) is 4.98 Å². The van der Waals surface area contributed by atoms with Gasteiger partial charge in [-0.15, -0.1) is 11.3 Å². The topological polar surface area (TPSA) is 12.9 Å². The number of hydrogen-bond acceptors (Lipinski definition) is 3. The first-order valence-corrected chi connectivity index (χ1v) is 8.47. The minimum Gasteiger partial charge on any atom is -0.236 e. The SMILES string of the molecule is Cc1cscc1-c1nc(-c2cccc(Br)c2)c(C)s1. The molecule has 0 aliphatic heterocycles. The Balaban J connectivity index is 2.10. The zero-order valence-electron chi connectivity index (χ0n) is 10.6. The van der Waals surface area contributed by atoms with Crippen LogP contribution >= 0.6 is 38.6 Å². The first-order valence-electron chi connectivity index (χ1n) is 5.91. The second kappa shape index (κ2) is 5.19. The summed E-state index contributed by atoms with van der Waals surface area (Å²) < 4.78 is 1.09. The Morgan fingerprint density at radius 1 is 1.16 bits per heavy atom. The van der Waals surface area contributed by atoms with E-state index in [-0.39, 0.29) is 0 Å². The predicted octanol–water partition coefficient (Wildman–Crippen LogP) is 5.92. The number of rotatable bonds is 2. The van der Waals surface area contributed by atoms with Crippen LogP contribution < -0.4 is 0 Å². The molecule has 19 heavy (non-hydrogen) atoms. The molecule has 3 rings (SSSR count). The molecule has 0 N–H and O–H groups in total. The van der Waals surface area contributed by atoms with E-state index in [1.54, 1.807) is 22.7 Å². The minimum absolute atomic E-state index is 1.09. The maximum Gasteiger partial charge on any atom is 0.125 e. The second-order valence-electron chi connectivity index (χ2n) is 4.40. The van der Waals surface area contributed by atoms with Crippen LogP contribution in [0.2, 0.25) is 0 Å². The Morgan fingerprint density at radius 2 is 2.00 bits per heavy atom. The van der Waals surface area contributed by atoms with Gasteiger partial charge in [0.05, 0.1) is 5.69 Å². The highest BCUT2D eigenvalue weighted by Crippen LogP contribution is 2.36. The molecule has 0 saturated carbocycles. The molecule has 0 bridgehead atoms. The van der Waals surface area contributed by atoms with Crippen molar-refractivity contribution < 1.29 is 0 Å². The quantitative estimate of drug-likeness (QED) is 0.559. The number of hydrogen-bond donors (Lipinski definition) is 0. The lowest BCUT2D eigenvalue weighted by Crippen LogP contribution is -1.81. The van der Waals surface area contributed by atoms with Gasteiger partial charge in [-0.2, -0.15) is 11.3 Å². The van der Waals surface area contributed by atoms with Crippen molar-refractivity contribution in [3.63, 3.8) is 0 Å². The van der Waals surface area contributed by atoms with Crippen LogP contribution in [0.3, 0.4) is 0 Å². The van der Waals surface area contributed by atoms with E-state index in [1.807, 2.05) is 12.1 Å². The molecule has 0 amide bonds. The molecule has 2 aromatic heterocycles. The van der Waals surface area contributed by atoms with E-state index in [1.165, 1.54) is 21.6 Å². The van der Waals surface area contributed by atoms with E-state index in [2.05, 4.69) is 52.7 Å². The minimum atomic E-state index is 1.09. The summed E-state index contributed by atoms with van der Waals surface area (Å²) >= 11 is 7.02. The first kappa shape index (κ1) is 13.0. The largest absolute Gasteiger partial charge is 0.236 e. The Morgan fingerprint density at radius 3 is 2.68 bits per heavy atom. The van der Waals surface area contributed by atoms with Gasteiger partial charge in [0, 0.05) is 25.9 Å². The summed E-state index contributed by atoms with van der Waals surface area (Å²) in [7, 11) is 0. The molecule has 0 radical (unpaired) electrons. The van der Waals surface area contributed by atoms with Gasteiger partial charge in [-0.05, 0) is 36.9 Å². The van der Waals surface area contributed by atoms with E-state index in [4.69, 9.17) is 4.98 Å². The van der Waals surface area contributed by atoms with Gasteiger partial charge in [-0.3, -0.25) is 0 Å². The molecule has 3 aromatic rings. The molecule has 96 valence electrons. The fourth-order valence-corrected chi connectivity index (χ4v) is 4.32. The molecule has 0 saturated heterocycles. The Labute approximate surface area is 129 Å². The number of aryl methyl sites for hydroxylation is 2. The molecule has 0 atom stereocenters. The normalized spacial score (nSPS) is 10.9. The molecule has 0 aliphatic carbocycles. The molecule has 1 aromatic carbocycles. The second-order valence-corrected chi connectivity index (χ2v) is 7.27. The van der Waals surface area contributed by atoms with Crippen molar-refractivity contribution in [2.75, 3.05) is 0 Å². The summed E-state index contributed by atoms with van der Waals surface area (Å²) in [5, 5.41) is 5.47. The third kappa shape index (κ3) is 2.53.